The van der Waals surface area contributed by atoms with Gasteiger partial charge in [-0.1, -0.05) is 0 Å². The molecule has 2 heterocycles. The summed E-state index contributed by atoms with van der Waals surface area (Å²) in [5.41, 5.74) is 1.84. The lowest BCUT2D eigenvalue weighted by atomic mass is 10.1. The molecular formula is C15H15FN4O3. The number of carbonyl (C=O) groups excluding carboxylic acids is 1. The predicted octanol–water partition coefficient (Wildman–Crippen LogP) is 1.66. The highest BCUT2D eigenvalue weighted by molar-refractivity contribution is 6.01. The fraction of sp³-hybridized carbons (Fsp3) is 0.267. The standard InChI is InChI=1S/C15H15FN4O3/c1-9-6-11(16)2-3-12(9)20-13-10(8-18-15(20)22)7-17-14(19-13)23-5-4-21/h2-3,6-7,21H,4-5,8H2,1H3,(H,18,22). The highest BCUT2D eigenvalue weighted by Crippen LogP contribution is 2.33. The summed E-state index contributed by atoms with van der Waals surface area (Å²) in [5, 5.41) is 11.5. The SMILES string of the molecule is Cc1cc(F)ccc1N1C(=O)NCc2cnc(OCCO)nc21. The molecule has 0 saturated heterocycles. The van der Waals surface area contributed by atoms with Gasteiger partial charge in [0, 0.05) is 18.3 Å². The molecule has 0 bridgehead atoms. The van der Waals surface area contributed by atoms with E-state index in [9.17, 15) is 9.18 Å². The molecule has 0 spiro atoms. The highest BCUT2D eigenvalue weighted by atomic mass is 19.1. The van der Waals surface area contributed by atoms with Gasteiger partial charge < -0.3 is 15.2 Å². The third kappa shape index (κ3) is 2.93. The van der Waals surface area contributed by atoms with E-state index < -0.39 is 0 Å². The Morgan fingerprint density at radius 2 is 2.30 bits per heavy atom. The van der Waals surface area contributed by atoms with Crippen molar-refractivity contribution in [3.05, 3.63) is 41.3 Å². The first-order valence-corrected chi connectivity index (χ1v) is 7.04. The van der Waals surface area contributed by atoms with Gasteiger partial charge in [-0.2, -0.15) is 4.98 Å². The molecule has 0 saturated carbocycles. The molecular weight excluding hydrogens is 303 g/mol. The van der Waals surface area contributed by atoms with E-state index in [0.29, 0.717) is 29.2 Å². The van der Waals surface area contributed by atoms with E-state index in [1.807, 2.05) is 0 Å². The number of hydrogen-bond donors (Lipinski definition) is 2. The number of rotatable bonds is 4. The summed E-state index contributed by atoms with van der Waals surface area (Å²) in [6.07, 6.45) is 1.56. The van der Waals surface area contributed by atoms with E-state index in [2.05, 4.69) is 15.3 Å². The molecule has 1 aromatic carbocycles. The maximum absolute atomic E-state index is 13.3. The maximum Gasteiger partial charge on any atom is 0.328 e. The van der Waals surface area contributed by atoms with E-state index in [-0.39, 0.29) is 31.1 Å². The van der Waals surface area contributed by atoms with Gasteiger partial charge in [0.05, 0.1) is 12.3 Å². The fourth-order valence-electron chi connectivity index (χ4n) is 2.35. The molecule has 0 radical (unpaired) electrons. The Balaban J connectivity index is 2.06. The van der Waals surface area contributed by atoms with Gasteiger partial charge >= 0.3 is 12.0 Å². The van der Waals surface area contributed by atoms with Crippen LogP contribution in [0.25, 0.3) is 0 Å². The average molecular weight is 318 g/mol. The van der Waals surface area contributed by atoms with Crippen LogP contribution in [0.1, 0.15) is 11.1 Å². The summed E-state index contributed by atoms with van der Waals surface area (Å²) in [6.45, 7) is 1.90. The summed E-state index contributed by atoms with van der Waals surface area (Å²) in [5.74, 6) is 0.00458. The minimum absolute atomic E-state index is 0.0561. The Kier molecular flexibility index (Phi) is 4.07. The number of aliphatic hydroxyl groups is 1. The van der Waals surface area contributed by atoms with Crippen LogP contribution in [0.2, 0.25) is 0 Å². The van der Waals surface area contributed by atoms with Gasteiger partial charge in [0.15, 0.2) is 5.82 Å². The summed E-state index contributed by atoms with van der Waals surface area (Å²) in [4.78, 5) is 21.9. The van der Waals surface area contributed by atoms with E-state index in [1.54, 1.807) is 13.1 Å². The number of aromatic nitrogens is 2. The second-order valence-electron chi connectivity index (χ2n) is 5.00. The third-order valence-electron chi connectivity index (χ3n) is 3.39. The van der Waals surface area contributed by atoms with Gasteiger partial charge in [-0.3, -0.25) is 0 Å². The minimum atomic E-state index is -0.376. The number of halogens is 1. The number of anilines is 2. The molecule has 8 heteroatoms. The molecule has 0 fully saturated rings. The molecule has 3 rings (SSSR count). The van der Waals surface area contributed by atoms with Crippen molar-refractivity contribution in [1.29, 1.82) is 0 Å². The Morgan fingerprint density at radius 3 is 3.04 bits per heavy atom. The van der Waals surface area contributed by atoms with Crippen molar-refractivity contribution in [1.82, 2.24) is 15.3 Å². The van der Waals surface area contributed by atoms with E-state index >= 15 is 0 Å². The summed E-state index contributed by atoms with van der Waals surface area (Å²) in [6, 6.07) is 3.86. The molecule has 7 nitrogen and oxygen atoms in total. The molecule has 23 heavy (non-hydrogen) atoms. The molecule has 2 aromatic rings. The first-order chi connectivity index (χ1) is 11.1. The van der Waals surface area contributed by atoms with Crippen LogP contribution in [0.15, 0.2) is 24.4 Å². The van der Waals surface area contributed by atoms with Gasteiger partial charge in [0.2, 0.25) is 0 Å². The first kappa shape index (κ1) is 15.2. The van der Waals surface area contributed by atoms with Crippen molar-refractivity contribution in [2.24, 2.45) is 0 Å². The topological polar surface area (TPSA) is 87.6 Å². The number of benzene rings is 1. The number of nitrogens with one attached hydrogen (secondary N) is 1. The van der Waals surface area contributed by atoms with Crippen LogP contribution in [-0.4, -0.2) is 34.3 Å². The van der Waals surface area contributed by atoms with Crippen LogP contribution >= 0.6 is 0 Å². The minimum Gasteiger partial charge on any atom is -0.461 e. The third-order valence-corrected chi connectivity index (χ3v) is 3.39. The molecule has 1 aromatic heterocycles. The Morgan fingerprint density at radius 1 is 1.48 bits per heavy atom. The number of hydrogen-bond acceptors (Lipinski definition) is 5. The zero-order chi connectivity index (χ0) is 16.4. The van der Waals surface area contributed by atoms with E-state index in [4.69, 9.17) is 9.84 Å². The van der Waals surface area contributed by atoms with Gasteiger partial charge in [0.25, 0.3) is 0 Å². The molecule has 0 atom stereocenters. The monoisotopic (exact) mass is 318 g/mol. The summed E-state index contributed by atoms with van der Waals surface area (Å²) < 4.78 is 18.5. The van der Waals surface area contributed by atoms with Gasteiger partial charge in [-0.25, -0.2) is 19.1 Å². The van der Waals surface area contributed by atoms with Gasteiger partial charge in [0.1, 0.15) is 12.4 Å². The molecule has 0 unspecified atom stereocenters. The van der Waals surface area contributed by atoms with Crippen molar-refractivity contribution >= 4 is 17.5 Å². The van der Waals surface area contributed by atoms with Crippen LogP contribution in [-0.2, 0) is 6.54 Å². The molecule has 1 aliphatic rings. The highest BCUT2D eigenvalue weighted by Gasteiger charge is 2.29. The Labute approximate surface area is 131 Å². The van der Waals surface area contributed by atoms with Crippen LogP contribution in [0.5, 0.6) is 6.01 Å². The average Bonchev–Trinajstić information content (AvgIpc) is 2.54. The van der Waals surface area contributed by atoms with Crippen molar-refractivity contribution in [2.75, 3.05) is 18.1 Å². The van der Waals surface area contributed by atoms with Crippen LogP contribution < -0.4 is 15.0 Å². The zero-order valence-electron chi connectivity index (χ0n) is 12.4. The molecule has 1 aliphatic heterocycles. The van der Waals surface area contributed by atoms with Crippen LogP contribution in [0.4, 0.5) is 20.7 Å². The molecule has 120 valence electrons. The number of aliphatic hydroxyl groups excluding tert-OH is 1. The quantitative estimate of drug-likeness (QED) is 0.895. The van der Waals surface area contributed by atoms with Crippen molar-refractivity contribution in [2.45, 2.75) is 13.5 Å². The Bertz CT molecular complexity index is 753. The van der Waals surface area contributed by atoms with E-state index in [1.165, 1.54) is 23.1 Å². The van der Waals surface area contributed by atoms with Crippen LogP contribution in [0, 0.1) is 12.7 Å². The van der Waals surface area contributed by atoms with Crippen molar-refractivity contribution in [3.63, 3.8) is 0 Å². The maximum atomic E-state index is 13.3. The van der Waals surface area contributed by atoms with Gasteiger partial charge in [-0.05, 0) is 30.7 Å². The predicted molar refractivity (Wildman–Crippen MR) is 80.1 cm³/mol. The second kappa shape index (κ2) is 6.17. The van der Waals surface area contributed by atoms with Crippen LogP contribution in [0.3, 0.4) is 0 Å². The number of fused-ring (bicyclic) bond motifs is 1. The molecule has 2 N–H and O–H groups in total. The fourth-order valence-corrected chi connectivity index (χ4v) is 2.35. The lowest BCUT2D eigenvalue weighted by molar-refractivity contribution is 0.191. The summed E-state index contributed by atoms with van der Waals surface area (Å²) >= 11 is 0. The summed E-state index contributed by atoms with van der Waals surface area (Å²) in [7, 11) is 0. The normalized spacial score (nSPS) is 13.5. The zero-order valence-corrected chi connectivity index (χ0v) is 12.4. The Hall–Kier alpha value is -2.74. The largest absolute Gasteiger partial charge is 0.461 e. The first-order valence-electron chi connectivity index (χ1n) is 7.04. The smallest absolute Gasteiger partial charge is 0.328 e. The number of aryl methyl sites for hydroxylation is 1. The number of carbonyl (C=O) groups is 1. The second-order valence-corrected chi connectivity index (χ2v) is 5.00. The number of ether oxygens (including phenoxy) is 1. The van der Waals surface area contributed by atoms with Crippen molar-refractivity contribution in [3.8, 4) is 6.01 Å². The molecule has 2 amide bonds. The number of urea groups is 1. The van der Waals surface area contributed by atoms with E-state index in [0.717, 1.165) is 0 Å². The molecule has 0 aliphatic carbocycles. The van der Waals surface area contributed by atoms with Crippen molar-refractivity contribution < 1.29 is 19.0 Å². The van der Waals surface area contributed by atoms with Gasteiger partial charge in [-0.15, -0.1) is 0 Å². The number of amides is 2. The lowest BCUT2D eigenvalue weighted by Crippen LogP contribution is -2.42. The number of nitrogens with zero attached hydrogens (tertiary/aromatic N) is 3. The lowest BCUT2D eigenvalue weighted by Gasteiger charge is -2.29.